The maximum absolute atomic E-state index is 13.4. The first-order valence-corrected chi connectivity index (χ1v) is 7.91. The number of nitro groups is 1. The van der Waals surface area contributed by atoms with Gasteiger partial charge in [0.1, 0.15) is 12.4 Å². The number of alkyl halides is 3. The van der Waals surface area contributed by atoms with Crippen LogP contribution in [-0.4, -0.2) is 28.5 Å². The van der Waals surface area contributed by atoms with Gasteiger partial charge in [-0.1, -0.05) is 18.2 Å². The van der Waals surface area contributed by atoms with E-state index in [1.807, 2.05) is 0 Å². The topological polar surface area (TPSA) is 63.5 Å². The molecule has 0 radical (unpaired) electrons. The zero-order chi connectivity index (χ0) is 19.5. The monoisotopic (exact) mass is 434 g/mol. The molecule has 0 bridgehead atoms. The minimum atomic E-state index is -4.74. The van der Waals surface area contributed by atoms with Gasteiger partial charge in [0.2, 0.25) is 0 Å². The van der Waals surface area contributed by atoms with E-state index in [9.17, 15) is 32.5 Å². The van der Waals surface area contributed by atoms with E-state index in [1.54, 1.807) is 0 Å². The molecule has 5 nitrogen and oxygen atoms in total. The molecule has 0 saturated carbocycles. The number of rotatable bonds is 5. The van der Waals surface area contributed by atoms with E-state index < -0.39 is 41.6 Å². The molecular formula is C16H11BrF4N2O3. The zero-order valence-corrected chi connectivity index (χ0v) is 14.6. The van der Waals surface area contributed by atoms with E-state index in [4.69, 9.17) is 0 Å². The first kappa shape index (κ1) is 19.8. The van der Waals surface area contributed by atoms with Crippen molar-refractivity contribution in [3.63, 3.8) is 0 Å². The Morgan fingerprint density at radius 3 is 2.46 bits per heavy atom. The fraction of sp³-hybridized carbons (Fsp3) is 0.188. The van der Waals surface area contributed by atoms with Crippen LogP contribution < -0.4 is 0 Å². The van der Waals surface area contributed by atoms with Gasteiger partial charge in [0.25, 0.3) is 11.6 Å². The zero-order valence-electron chi connectivity index (χ0n) is 13.0. The lowest BCUT2D eigenvalue weighted by atomic mass is 10.1. The van der Waals surface area contributed by atoms with Gasteiger partial charge in [0.05, 0.1) is 17.0 Å². The van der Waals surface area contributed by atoms with Crippen molar-refractivity contribution < 1.29 is 27.3 Å². The number of benzene rings is 2. The fourth-order valence-corrected chi connectivity index (χ4v) is 2.69. The summed E-state index contributed by atoms with van der Waals surface area (Å²) in [4.78, 5) is 23.2. The molecule has 0 aliphatic rings. The van der Waals surface area contributed by atoms with Crippen molar-refractivity contribution in [1.29, 1.82) is 0 Å². The second-order valence-electron chi connectivity index (χ2n) is 5.29. The summed E-state index contributed by atoms with van der Waals surface area (Å²) >= 11 is 3.00. The highest BCUT2D eigenvalue weighted by molar-refractivity contribution is 9.10. The van der Waals surface area contributed by atoms with Crippen LogP contribution in [0.3, 0.4) is 0 Å². The second-order valence-corrected chi connectivity index (χ2v) is 6.14. The normalized spacial score (nSPS) is 11.3. The maximum Gasteiger partial charge on any atom is 0.406 e. The lowest BCUT2D eigenvalue weighted by molar-refractivity contribution is -0.385. The Labute approximate surface area is 153 Å². The van der Waals surface area contributed by atoms with Gasteiger partial charge in [0, 0.05) is 16.1 Å². The molecule has 26 heavy (non-hydrogen) atoms. The maximum atomic E-state index is 13.4. The van der Waals surface area contributed by atoms with Crippen LogP contribution in [0.1, 0.15) is 15.9 Å². The molecule has 138 valence electrons. The van der Waals surface area contributed by atoms with Gasteiger partial charge < -0.3 is 4.90 Å². The van der Waals surface area contributed by atoms with Crippen molar-refractivity contribution in [1.82, 2.24) is 4.90 Å². The molecular weight excluding hydrogens is 424 g/mol. The minimum absolute atomic E-state index is 0.0670. The molecule has 0 fully saturated rings. The Balaban J connectivity index is 2.43. The molecule has 2 rings (SSSR count). The standard InChI is InChI=1S/C16H11BrF4N2O3/c17-13-6-5-11(18)7-12(13)15(24)22(9-16(19,20)21)8-10-3-1-2-4-14(10)23(25)26/h1-7H,8-9H2. The van der Waals surface area contributed by atoms with Crippen LogP contribution in [0.15, 0.2) is 46.9 Å². The predicted octanol–water partition coefficient (Wildman–Crippen LogP) is 4.70. The van der Waals surface area contributed by atoms with Crippen LogP contribution in [0.5, 0.6) is 0 Å². The molecule has 0 N–H and O–H groups in total. The Morgan fingerprint density at radius 1 is 1.19 bits per heavy atom. The molecule has 2 aromatic rings. The van der Waals surface area contributed by atoms with Gasteiger partial charge in [-0.3, -0.25) is 14.9 Å². The number of nitrogens with zero attached hydrogens (tertiary/aromatic N) is 2. The Bertz CT molecular complexity index is 842. The van der Waals surface area contributed by atoms with Crippen LogP contribution in [0.2, 0.25) is 0 Å². The summed E-state index contributed by atoms with van der Waals surface area (Å²) in [6.45, 7) is -2.29. The van der Waals surface area contributed by atoms with Gasteiger partial charge in [-0.15, -0.1) is 0 Å². The van der Waals surface area contributed by atoms with E-state index in [0.717, 1.165) is 18.2 Å². The van der Waals surface area contributed by atoms with Crippen LogP contribution in [0, 0.1) is 15.9 Å². The Morgan fingerprint density at radius 2 is 1.85 bits per heavy atom. The first-order valence-electron chi connectivity index (χ1n) is 7.12. The fourth-order valence-electron chi connectivity index (χ4n) is 2.28. The summed E-state index contributed by atoms with van der Waals surface area (Å²) in [5.74, 6) is -1.90. The minimum Gasteiger partial charge on any atom is -0.325 e. The van der Waals surface area contributed by atoms with Crippen LogP contribution in [0.25, 0.3) is 0 Å². The molecule has 0 heterocycles. The van der Waals surface area contributed by atoms with Gasteiger partial charge in [-0.05, 0) is 34.1 Å². The highest BCUT2D eigenvalue weighted by Gasteiger charge is 2.35. The van der Waals surface area contributed by atoms with Crippen molar-refractivity contribution in [3.8, 4) is 0 Å². The van der Waals surface area contributed by atoms with Crippen molar-refractivity contribution in [2.75, 3.05) is 6.54 Å². The average Bonchev–Trinajstić information content (AvgIpc) is 2.55. The third kappa shape index (κ3) is 5.01. The van der Waals surface area contributed by atoms with E-state index >= 15 is 0 Å². The van der Waals surface area contributed by atoms with E-state index in [-0.39, 0.29) is 15.6 Å². The van der Waals surface area contributed by atoms with Crippen molar-refractivity contribution in [2.24, 2.45) is 0 Å². The van der Waals surface area contributed by atoms with Crippen LogP contribution >= 0.6 is 15.9 Å². The molecule has 0 atom stereocenters. The third-order valence-corrected chi connectivity index (χ3v) is 4.06. The van der Waals surface area contributed by atoms with Gasteiger partial charge in [0.15, 0.2) is 0 Å². The first-order chi connectivity index (χ1) is 12.1. The molecule has 0 saturated heterocycles. The lowest BCUT2D eigenvalue weighted by Gasteiger charge is -2.24. The molecule has 2 aromatic carbocycles. The lowest BCUT2D eigenvalue weighted by Crippen LogP contribution is -2.38. The van der Waals surface area contributed by atoms with Crippen LogP contribution in [-0.2, 0) is 6.54 Å². The third-order valence-electron chi connectivity index (χ3n) is 3.37. The predicted molar refractivity (Wildman–Crippen MR) is 88.0 cm³/mol. The SMILES string of the molecule is O=C(c1cc(F)ccc1Br)N(Cc1ccccc1[N+](=O)[O-])CC(F)(F)F. The largest absolute Gasteiger partial charge is 0.406 e. The number of hydrogen-bond donors (Lipinski definition) is 0. The average molecular weight is 435 g/mol. The number of nitro benzene ring substituents is 1. The summed E-state index contributed by atoms with van der Waals surface area (Å²) in [7, 11) is 0. The smallest absolute Gasteiger partial charge is 0.325 e. The summed E-state index contributed by atoms with van der Waals surface area (Å²) in [6.07, 6.45) is -4.74. The molecule has 0 spiro atoms. The number of amides is 1. The summed E-state index contributed by atoms with van der Waals surface area (Å²) in [5.41, 5.74) is -0.791. The molecule has 0 aliphatic heterocycles. The van der Waals surface area contributed by atoms with Gasteiger partial charge in [-0.2, -0.15) is 13.2 Å². The van der Waals surface area contributed by atoms with Crippen molar-refractivity contribution in [3.05, 3.63) is 74.0 Å². The van der Waals surface area contributed by atoms with Crippen molar-refractivity contribution in [2.45, 2.75) is 12.7 Å². The number of carbonyl (C=O) groups is 1. The summed E-state index contributed by atoms with van der Waals surface area (Å²) < 4.78 is 52.2. The van der Waals surface area contributed by atoms with Crippen molar-refractivity contribution >= 4 is 27.5 Å². The van der Waals surface area contributed by atoms with E-state index in [1.165, 1.54) is 24.3 Å². The molecule has 10 heteroatoms. The number of halogens is 5. The number of carbonyl (C=O) groups excluding carboxylic acids is 1. The molecule has 0 aliphatic carbocycles. The van der Waals surface area contributed by atoms with Gasteiger partial charge in [-0.25, -0.2) is 4.39 Å². The van der Waals surface area contributed by atoms with E-state index in [2.05, 4.69) is 15.9 Å². The quantitative estimate of drug-likeness (QED) is 0.389. The van der Waals surface area contributed by atoms with Crippen LogP contribution in [0.4, 0.5) is 23.2 Å². The summed E-state index contributed by atoms with van der Waals surface area (Å²) in [6, 6.07) is 8.20. The second kappa shape index (κ2) is 7.81. The Kier molecular flexibility index (Phi) is 5.96. The van der Waals surface area contributed by atoms with Gasteiger partial charge >= 0.3 is 6.18 Å². The highest BCUT2D eigenvalue weighted by Crippen LogP contribution is 2.26. The Hall–Kier alpha value is -2.49. The number of hydrogen-bond acceptors (Lipinski definition) is 3. The molecule has 0 aromatic heterocycles. The summed E-state index contributed by atoms with van der Waals surface area (Å²) in [5, 5.41) is 11.0. The number of para-hydroxylation sites is 1. The molecule has 1 amide bonds. The molecule has 0 unspecified atom stereocenters. The highest BCUT2D eigenvalue weighted by atomic mass is 79.9. The van der Waals surface area contributed by atoms with E-state index in [0.29, 0.717) is 4.90 Å².